The van der Waals surface area contributed by atoms with Crippen molar-refractivity contribution in [3.63, 3.8) is 0 Å². The molecule has 1 aromatic heterocycles. The SMILES string of the molecule is C#CCn1c(=NC(=O)c2ccc(S(=O)(=O)N3CCCCC3C)cc2)sc2ccccc21. The van der Waals surface area contributed by atoms with Gasteiger partial charge in [-0.25, -0.2) is 8.42 Å². The van der Waals surface area contributed by atoms with Gasteiger partial charge in [-0.05, 0) is 56.2 Å². The van der Waals surface area contributed by atoms with Crippen molar-refractivity contribution >= 4 is 37.5 Å². The lowest BCUT2D eigenvalue weighted by Crippen LogP contribution is -2.41. The van der Waals surface area contributed by atoms with Crippen LogP contribution in [0.2, 0.25) is 0 Å². The number of amides is 1. The summed E-state index contributed by atoms with van der Waals surface area (Å²) >= 11 is 1.39. The van der Waals surface area contributed by atoms with Gasteiger partial charge in [-0.3, -0.25) is 4.79 Å². The van der Waals surface area contributed by atoms with Crippen LogP contribution in [0.3, 0.4) is 0 Å². The highest BCUT2D eigenvalue weighted by Crippen LogP contribution is 2.25. The van der Waals surface area contributed by atoms with E-state index >= 15 is 0 Å². The van der Waals surface area contributed by atoms with Crippen LogP contribution >= 0.6 is 11.3 Å². The van der Waals surface area contributed by atoms with Gasteiger partial charge in [0.2, 0.25) is 10.0 Å². The first kappa shape index (κ1) is 21.5. The molecule has 8 heteroatoms. The van der Waals surface area contributed by atoms with E-state index in [0.717, 1.165) is 29.5 Å². The summed E-state index contributed by atoms with van der Waals surface area (Å²) < 4.78 is 30.3. The zero-order valence-electron chi connectivity index (χ0n) is 17.2. The minimum Gasteiger partial charge on any atom is -0.305 e. The van der Waals surface area contributed by atoms with Gasteiger partial charge in [0.25, 0.3) is 5.91 Å². The Bertz CT molecular complexity index is 1330. The highest BCUT2D eigenvalue weighted by Gasteiger charge is 2.30. The zero-order chi connectivity index (χ0) is 22.0. The summed E-state index contributed by atoms with van der Waals surface area (Å²) in [4.78, 5) is 17.8. The van der Waals surface area contributed by atoms with Crippen LogP contribution in [-0.4, -0.2) is 35.8 Å². The Labute approximate surface area is 185 Å². The molecule has 1 atom stereocenters. The number of carbonyl (C=O) groups excluding carboxylic acids is 1. The van der Waals surface area contributed by atoms with Gasteiger partial charge in [-0.1, -0.05) is 35.8 Å². The second-order valence-electron chi connectivity index (χ2n) is 7.54. The molecule has 31 heavy (non-hydrogen) atoms. The molecule has 4 rings (SSSR count). The lowest BCUT2D eigenvalue weighted by molar-refractivity contribution is 0.0997. The van der Waals surface area contributed by atoms with Crippen LogP contribution < -0.4 is 4.80 Å². The van der Waals surface area contributed by atoms with Crippen LogP contribution in [0.1, 0.15) is 36.5 Å². The Morgan fingerprint density at radius 2 is 1.94 bits per heavy atom. The van der Waals surface area contributed by atoms with E-state index in [1.807, 2.05) is 35.8 Å². The molecule has 1 amide bonds. The van der Waals surface area contributed by atoms with Crippen molar-refractivity contribution in [2.24, 2.45) is 4.99 Å². The Morgan fingerprint density at radius 1 is 1.19 bits per heavy atom. The molecule has 6 nitrogen and oxygen atoms in total. The third-order valence-electron chi connectivity index (χ3n) is 5.48. The molecule has 0 bridgehead atoms. The van der Waals surface area contributed by atoms with Crippen molar-refractivity contribution in [1.29, 1.82) is 0 Å². The van der Waals surface area contributed by atoms with Gasteiger partial charge in [0.05, 0.1) is 21.7 Å². The van der Waals surface area contributed by atoms with Crippen molar-refractivity contribution in [1.82, 2.24) is 8.87 Å². The van der Waals surface area contributed by atoms with E-state index in [1.54, 1.807) is 4.31 Å². The molecular formula is C23H23N3O3S2. The second-order valence-corrected chi connectivity index (χ2v) is 10.4. The first-order valence-corrected chi connectivity index (χ1v) is 12.4. The number of aromatic nitrogens is 1. The minimum atomic E-state index is -3.58. The van der Waals surface area contributed by atoms with Gasteiger partial charge in [-0.15, -0.1) is 6.42 Å². The molecule has 0 aliphatic carbocycles. The fourth-order valence-corrected chi connectivity index (χ4v) is 6.56. The van der Waals surface area contributed by atoms with E-state index < -0.39 is 15.9 Å². The molecule has 3 aromatic rings. The predicted molar refractivity (Wildman–Crippen MR) is 122 cm³/mol. The molecule has 160 valence electrons. The van der Waals surface area contributed by atoms with E-state index in [9.17, 15) is 13.2 Å². The number of hydrogen-bond acceptors (Lipinski definition) is 4. The summed E-state index contributed by atoms with van der Waals surface area (Å²) in [6, 6.07) is 13.7. The third-order valence-corrected chi connectivity index (χ3v) is 8.57. The van der Waals surface area contributed by atoms with Crippen molar-refractivity contribution < 1.29 is 13.2 Å². The standard InChI is InChI=1S/C23H23N3O3S2/c1-3-15-25-20-9-4-5-10-21(20)30-23(25)24-22(27)18-11-13-19(14-12-18)31(28,29)26-16-7-6-8-17(26)2/h1,4-5,9-14,17H,6-8,15-16H2,2H3. The summed E-state index contributed by atoms with van der Waals surface area (Å²) in [7, 11) is -3.58. The van der Waals surface area contributed by atoms with Crippen LogP contribution in [0.15, 0.2) is 58.4 Å². The Hall–Kier alpha value is -2.73. The van der Waals surface area contributed by atoms with Crippen molar-refractivity contribution in [2.75, 3.05) is 6.54 Å². The molecule has 2 heterocycles. The Morgan fingerprint density at radius 3 is 2.65 bits per heavy atom. The fraction of sp³-hybridized carbons (Fsp3) is 0.304. The molecule has 0 N–H and O–H groups in total. The monoisotopic (exact) mass is 453 g/mol. The largest absolute Gasteiger partial charge is 0.305 e. The summed E-state index contributed by atoms with van der Waals surface area (Å²) in [5.41, 5.74) is 1.25. The number of hydrogen-bond donors (Lipinski definition) is 0. The molecule has 1 unspecified atom stereocenters. The molecule has 0 spiro atoms. The normalized spacial score (nSPS) is 18.2. The van der Waals surface area contributed by atoms with Crippen LogP contribution in [0.4, 0.5) is 0 Å². The quantitative estimate of drug-likeness (QED) is 0.566. The van der Waals surface area contributed by atoms with Gasteiger partial charge in [-0.2, -0.15) is 9.30 Å². The number of fused-ring (bicyclic) bond motifs is 1. The third kappa shape index (κ3) is 4.22. The maximum atomic E-state index is 13.0. The van der Waals surface area contributed by atoms with E-state index in [1.165, 1.54) is 35.6 Å². The number of piperidine rings is 1. The molecule has 0 radical (unpaired) electrons. The van der Waals surface area contributed by atoms with Crippen LogP contribution in [0.5, 0.6) is 0 Å². The van der Waals surface area contributed by atoms with Crippen LogP contribution in [-0.2, 0) is 16.6 Å². The number of sulfonamides is 1. The lowest BCUT2D eigenvalue weighted by atomic mass is 10.1. The number of terminal acetylenes is 1. The summed E-state index contributed by atoms with van der Waals surface area (Å²) in [5.74, 6) is 2.16. The molecule has 1 saturated heterocycles. The number of nitrogens with zero attached hydrogens (tertiary/aromatic N) is 3. The topological polar surface area (TPSA) is 71.7 Å². The van der Waals surface area contributed by atoms with Gasteiger partial charge in [0.1, 0.15) is 0 Å². The van der Waals surface area contributed by atoms with Crippen molar-refractivity contribution in [3.05, 3.63) is 58.9 Å². The second kappa shape index (κ2) is 8.79. The molecule has 1 fully saturated rings. The number of rotatable bonds is 4. The van der Waals surface area contributed by atoms with Gasteiger partial charge < -0.3 is 4.57 Å². The summed E-state index contributed by atoms with van der Waals surface area (Å²) in [5, 5.41) is 0. The van der Waals surface area contributed by atoms with E-state index in [2.05, 4.69) is 10.9 Å². The molecule has 1 aliphatic rings. The smallest absolute Gasteiger partial charge is 0.279 e. The van der Waals surface area contributed by atoms with E-state index in [-0.39, 0.29) is 10.9 Å². The minimum absolute atomic E-state index is 0.0189. The van der Waals surface area contributed by atoms with Gasteiger partial charge in [0.15, 0.2) is 4.80 Å². The number of para-hydroxylation sites is 1. The Kier molecular flexibility index (Phi) is 6.10. The number of thiazole rings is 1. The average molecular weight is 454 g/mol. The number of carbonyl (C=O) groups is 1. The highest BCUT2D eigenvalue weighted by atomic mass is 32.2. The molecular weight excluding hydrogens is 430 g/mol. The van der Waals surface area contributed by atoms with Gasteiger partial charge >= 0.3 is 0 Å². The zero-order valence-corrected chi connectivity index (χ0v) is 18.8. The maximum absolute atomic E-state index is 13.0. The van der Waals surface area contributed by atoms with Crippen LogP contribution in [0.25, 0.3) is 10.2 Å². The average Bonchev–Trinajstić information content (AvgIpc) is 3.11. The van der Waals surface area contributed by atoms with E-state index in [4.69, 9.17) is 6.42 Å². The highest BCUT2D eigenvalue weighted by molar-refractivity contribution is 7.89. The predicted octanol–water partition coefficient (Wildman–Crippen LogP) is 3.64. The van der Waals surface area contributed by atoms with E-state index in [0.29, 0.717) is 23.5 Å². The summed E-state index contributed by atoms with van der Waals surface area (Å²) in [6.07, 6.45) is 8.27. The molecule has 0 saturated carbocycles. The first-order chi connectivity index (χ1) is 14.9. The molecule has 2 aromatic carbocycles. The fourth-order valence-electron chi connectivity index (χ4n) is 3.84. The molecule has 1 aliphatic heterocycles. The van der Waals surface area contributed by atoms with Gasteiger partial charge in [0, 0.05) is 18.2 Å². The summed E-state index contributed by atoms with van der Waals surface area (Å²) in [6.45, 7) is 2.77. The van der Waals surface area contributed by atoms with Crippen molar-refractivity contribution in [3.8, 4) is 12.3 Å². The lowest BCUT2D eigenvalue weighted by Gasteiger charge is -2.32. The van der Waals surface area contributed by atoms with Crippen molar-refractivity contribution in [2.45, 2.75) is 43.7 Å². The number of benzene rings is 2. The van der Waals surface area contributed by atoms with Crippen LogP contribution in [0, 0.1) is 12.3 Å². The first-order valence-electron chi connectivity index (χ1n) is 10.1. The maximum Gasteiger partial charge on any atom is 0.279 e. The Balaban J connectivity index is 1.65.